The standard InChI is InChI=1S/C33H40I6N6O12/c1-44(8-16(52)12-48)32(56)20-22(34)18(24(36)28(26(20)38)42-6-14(50)10-46)30(54)40-4-3-5-41-31(55)19-23(35)21(33(57)45(2)9-17(53)13-49)27(39)29(25(19)37)43-7-15(51)11-47/h16-17,42-43,46-49,52-53H,3-13H2,1-2H3,(H,40,54)(H,41,55). The van der Waals surface area contributed by atoms with Gasteiger partial charge in [0.05, 0.1) is 86.4 Å². The third-order valence-electron chi connectivity index (χ3n) is 7.80. The number of hydrogen-bond acceptors (Lipinski definition) is 14. The number of aliphatic hydroxyl groups excluding tert-OH is 6. The van der Waals surface area contributed by atoms with Crippen molar-refractivity contribution in [2.75, 3.05) is 90.4 Å². The predicted octanol–water partition coefficient (Wildman–Crippen LogP) is 0.661. The average Bonchev–Trinajstić information content (AvgIpc) is 3.16. The molecule has 4 amide bonds. The van der Waals surface area contributed by atoms with Gasteiger partial charge in [0.2, 0.25) is 0 Å². The lowest BCUT2D eigenvalue weighted by atomic mass is 10.1. The van der Waals surface area contributed by atoms with Crippen LogP contribution < -0.4 is 21.3 Å². The van der Waals surface area contributed by atoms with Gasteiger partial charge < -0.3 is 61.7 Å². The molecule has 2 aromatic rings. The van der Waals surface area contributed by atoms with Crippen LogP contribution in [0.2, 0.25) is 0 Å². The first-order valence-corrected chi connectivity index (χ1v) is 23.0. The number of ketones is 2. The van der Waals surface area contributed by atoms with Crippen molar-refractivity contribution in [2.24, 2.45) is 0 Å². The van der Waals surface area contributed by atoms with Gasteiger partial charge in [0.25, 0.3) is 23.6 Å². The van der Waals surface area contributed by atoms with E-state index in [1.54, 1.807) is 0 Å². The van der Waals surface area contributed by atoms with Gasteiger partial charge in [-0.1, -0.05) is 0 Å². The average molecular weight is 1470 g/mol. The van der Waals surface area contributed by atoms with Crippen molar-refractivity contribution in [3.05, 3.63) is 43.7 Å². The molecule has 0 aliphatic rings. The van der Waals surface area contributed by atoms with Crippen molar-refractivity contribution in [1.29, 1.82) is 0 Å². The highest BCUT2D eigenvalue weighted by molar-refractivity contribution is 14.1. The van der Waals surface area contributed by atoms with Gasteiger partial charge in [-0.25, -0.2) is 0 Å². The largest absolute Gasteiger partial charge is 0.394 e. The quantitative estimate of drug-likeness (QED) is 0.0574. The smallest absolute Gasteiger partial charge is 0.255 e. The molecule has 10 N–H and O–H groups in total. The third kappa shape index (κ3) is 14.2. The van der Waals surface area contributed by atoms with Crippen LogP contribution in [0.5, 0.6) is 0 Å². The van der Waals surface area contributed by atoms with Crippen molar-refractivity contribution < 1.29 is 59.4 Å². The summed E-state index contributed by atoms with van der Waals surface area (Å²) in [5.74, 6) is -3.31. The summed E-state index contributed by atoms with van der Waals surface area (Å²) in [5.41, 5.74) is 1.09. The molecule has 0 fully saturated rings. The van der Waals surface area contributed by atoms with Crippen molar-refractivity contribution in [3.8, 4) is 0 Å². The Hall–Kier alpha value is -0.600. The molecule has 0 saturated carbocycles. The number of Topliss-reactive ketones (excluding diaryl/α,β-unsaturated/α-hetero) is 2. The number of halogens is 6. The van der Waals surface area contributed by atoms with Gasteiger partial charge in [0, 0.05) is 47.4 Å². The zero-order valence-electron chi connectivity index (χ0n) is 30.2. The van der Waals surface area contributed by atoms with Gasteiger partial charge in [-0.2, -0.15) is 0 Å². The summed E-state index contributed by atoms with van der Waals surface area (Å²) < 4.78 is 2.14. The van der Waals surface area contributed by atoms with Crippen LogP contribution in [0.3, 0.4) is 0 Å². The van der Waals surface area contributed by atoms with Gasteiger partial charge in [0.15, 0.2) is 11.6 Å². The number of hydrogen-bond donors (Lipinski definition) is 10. The number of rotatable bonds is 22. The van der Waals surface area contributed by atoms with E-state index >= 15 is 0 Å². The summed E-state index contributed by atoms with van der Waals surface area (Å²) in [6, 6.07) is 0. The van der Waals surface area contributed by atoms with Crippen LogP contribution in [0.1, 0.15) is 47.9 Å². The first kappa shape index (κ1) is 52.5. The minimum atomic E-state index is -1.20. The van der Waals surface area contributed by atoms with Crippen LogP contribution in [0.4, 0.5) is 11.4 Å². The molecular weight excluding hydrogens is 1430 g/mol. The third-order valence-corrected chi connectivity index (χ3v) is 14.3. The van der Waals surface area contributed by atoms with Crippen LogP contribution in [-0.4, -0.2) is 168 Å². The van der Waals surface area contributed by atoms with Crippen molar-refractivity contribution >= 4 is 182 Å². The fourth-order valence-electron chi connectivity index (χ4n) is 4.86. The summed E-state index contributed by atoms with van der Waals surface area (Å²) >= 11 is 11.4. The molecular formula is C33H40I6N6O12. The lowest BCUT2D eigenvalue weighted by Crippen LogP contribution is -2.38. The molecule has 0 heterocycles. The summed E-state index contributed by atoms with van der Waals surface area (Å²) in [5, 5.41) is 68.4. The molecule has 57 heavy (non-hydrogen) atoms. The fraction of sp³-hybridized carbons (Fsp3) is 0.455. The number of carbonyl (C=O) groups excluding carboxylic acids is 6. The van der Waals surface area contributed by atoms with E-state index in [0.717, 1.165) is 0 Å². The molecule has 0 aliphatic carbocycles. The first-order valence-electron chi connectivity index (χ1n) is 16.6. The Labute approximate surface area is 409 Å². The minimum absolute atomic E-state index is 0.0631. The zero-order chi connectivity index (χ0) is 43.3. The Morgan fingerprint density at radius 3 is 1.16 bits per heavy atom. The summed E-state index contributed by atoms with van der Waals surface area (Å²) in [6.07, 6.45) is -2.17. The lowest BCUT2D eigenvalue weighted by molar-refractivity contribution is -0.120. The SMILES string of the molecule is CN(CC(O)CO)C(=O)c1c(I)c(NCC(=O)CO)c(I)c(C(=O)NCCCNC(=O)c2c(I)c(NCC(=O)CO)c(I)c(C(=O)N(C)CC(O)CO)c2I)c1I. The Kier molecular flexibility index (Phi) is 23.4. The fourth-order valence-corrected chi connectivity index (χ4v) is 13.9. The van der Waals surface area contributed by atoms with Crippen LogP contribution in [0, 0.1) is 21.4 Å². The first-order chi connectivity index (χ1) is 26.8. The van der Waals surface area contributed by atoms with E-state index in [-0.39, 0.29) is 75.1 Å². The number of benzene rings is 2. The Bertz CT molecular complexity index is 1730. The van der Waals surface area contributed by atoms with Gasteiger partial charge in [-0.05, 0) is 142 Å². The molecule has 0 saturated heterocycles. The van der Waals surface area contributed by atoms with E-state index in [1.165, 1.54) is 23.9 Å². The van der Waals surface area contributed by atoms with Crippen LogP contribution in [-0.2, 0) is 9.59 Å². The maximum absolute atomic E-state index is 13.7. The lowest BCUT2D eigenvalue weighted by Gasteiger charge is -2.24. The summed E-state index contributed by atoms with van der Waals surface area (Å²) in [6.45, 7) is -3.43. The number of likely N-dealkylation sites (N-methyl/N-ethyl adjacent to an activating group) is 2. The minimum Gasteiger partial charge on any atom is -0.394 e. The summed E-state index contributed by atoms with van der Waals surface area (Å²) in [7, 11) is 2.86. The number of carbonyl (C=O) groups is 6. The van der Waals surface area contributed by atoms with Crippen molar-refractivity contribution in [3.63, 3.8) is 0 Å². The Morgan fingerprint density at radius 1 is 0.544 bits per heavy atom. The Balaban J connectivity index is 2.38. The number of amides is 4. The van der Waals surface area contributed by atoms with Crippen molar-refractivity contribution in [1.82, 2.24) is 20.4 Å². The van der Waals surface area contributed by atoms with Gasteiger partial charge in [-0.15, -0.1) is 0 Å². The highest BCUT2D eigenvalue weighted by Crippen LogP contribution is 2.38. The van der Waals surface area contributed by atoms with Crippen LogP contribution in [0.25, 0.3) is 0 Å². The second-order valence-electron chi connectivity index (χ2n) is 12.1. The molecule has 0 bridgehead atoms. The number of anilines is 2. The second-order valence-corrected chi connectivity index (χ2v) is 18.6. The molecule has 0 spiro atoms. The molecule has 2 rings (SSSR count). The number of aliphatic hydroxyl groups is 6. The van der Waals surface area contributed by atoms with Crippen molar-refractivity contribution in [2.45, 2.75) is 18.6 Å². The molecule has 18 nitrogen and oxygen atoms in total. The monoisotopic (exact) mass is 1470 g/mol. The molecule has 0 aromatic heterocycles. The van der Waals surface area contributed by atoms with Gasteiger partial charge >= 0.3 is 0 Å². The highest BCUT2D eigenvalue weighted by Gasteiger charge is 2.32. The normalized spacial score (nSPS) is 12.0. The molecule has 2 atom stereocenters. The van der Waals surface area contributed by atoms with E-state index in [0.29, 0.717) is 25.7 Å². The molecule has 2 unspecified atom stereocenters. The maximum atomic E-state index is 13.7. The summed E-state index contributed by atoms with van der Waals surface area (Å²) in [4.78, 5) is 80.9. The molecule has 2 aromatic carbocycles. The maximum Gasteiger partial charge on any atom is 0.255 e. The Morgan fingerprint density at radius 2 is 0.860 bits per heavy atom. The molecule has 0 radical (unpaired) electrons. The van der Waals surface area contributed by atoms with Gasteiger partial charge in [0.1, 0.15) is 13.2 Å². The molecule has 24 heteroatoms. The zero-order valence-corrected chi connectivity index (χ0v) is 43.2. The van der Waals surface area contributed by atoms with Crippen LogP contribution in [0.15, 0.2) is 0 Å². The van der Waals surface area contributed by atoms with E-state index in [1.807, 2.05) is 136 Å². The van der Waals surface area contributed by atoms with Gasteiger partial charge in [-0.3, -0.25) is 28.8 Å². The number of nitrogens with zero attached hydrogens (tertiary/aromatic N) is 2. The second kappa shape index (κ2) is 25.4. The molecule has 0 aliphatic heterocycles. The predicted molar refractivity (Wildman–Crippen MR) is 260 cm³/mol. The van der Waals surface area contributed by atoms with E-state index in [2.05, 4.69) is 21.3 Å². The van der Waals surface area contributed by atoms with E-state index < -0.39 is 73.8 Å². The molecule has 316 valence electrons. The highest BCUT2D eigenvalue weighted by atomic mass is 127. The topological polar surface area (TPSA) is 278 Å². The van der Waals surface area contributed by atoms with E-state index in [9.17, 15) is 59.4 Å². The van der Waals surface area contributed by atoms with Crippen LogP contribution >= 0.6 is 136 Å². The number of nitrogens with one attached hydrogen (secondary N) is 4. The van der Waals surface area contributed by atoms with E-state index in [4.69, 9.17) is 0 Å².